The largest absolute Gasteiger partial charge is 0.437 e. The maximum absolute atomic E-state index is 6.58. The molecule has 1 aliphatic heterocycles. The molecule has 186 valence electrons. The highest BCUT2D eigenvalue weighted by atomic mass is 16.5. The zero-order valence-corrected chi connectivity index (χ0v) is 21.3. The fraction of sp³-hybridized carbons (Fsp3) is 0.367. The molecule has 0 radical (unpaired) electrons. The van der Waals surface area contributed by atoms with Crippen LogP contribution in [0.3, 0.4) is 0 Å². The smallest absolute Gasteiger partial charge is 0.228 e. The summed E-state index contributed by atoms with van der Waals surface area (Å²) in [6, 6.07) is 17.1. The van der Waals surface area contributed by atoms with Crippen LogP contribution in [0.1, 0.15) is 50.2 Å². The van der Waals surface area contributed by atoms with Crippen LogP contribution < -0.4 is 15.4 Å². The van der Waals surface area contributed by atoms with Crippen LogP contribution in [-0.2, 0) is 6.42 Å². The third-order valence-corrected chi connectivity index (χ3v) is 6.88. The van der Waals surface area contributed by atoms with Crippen molar-refractivity contribution in [1.82, 2.24) is 20.3 Å². The summed E-state index contributed by atoms with van der Waals surface area (Å²) in [5.74, 6) is 2.04. The quantitative estimate of drug-likeness (QED) is 0.260. The lowest BCUT2D eigenvalue weighted by molar-refractivity contribution is 0.466. The Balaban J connectivity index is 1.46. The lowest BCUT2D eigenvalue weighted by Crippen LogP contribution is -2.38. The molecule has 1 fully saturated rings. The Bertz CT molecular complexity index is 1320. The van der Waals surface area contributed by atoms with Crippen molar-refractivity contribution in [1.29, 1.82) is 0 Å². The highest BCUT2D eigenvalue weighted by Crippen LogP contribution is 2.37. The number of benzene rings is 2. The lowest BCUT2D eigenvalue weighted by atomic mass is 9.97. The average Bonchev–Trinajstić information content (AvgIpc) is 2.91. The van der Waals surface area contributed by atoms with Crippen LogP contribution >= 0.6 is 0 Å². The first-order chi connectivity index (χ1) is 17.7. The van der Waals surface area contributed by atoms with Gasteiger partial charge in [0.05, 0.1) is 11.3 Å². The van der Waals surface area contributed by atoms with Gasteiger partial charge in [-0.15, -0.1) is 0 Å². The third-order valence-electron chi connectivity index (χ3n) is 6.88. The molecule has 1 atom stereocenters. The van der Waals surface area contributed by atoms with Gasteiger partial charge < -0.3 is 15.4 Å². The number of nitrogens with zero attached hydrogens (tertiary/aromatic N) is 3. The predicted molar refractivity (Wildman–Crippen MR) is 147 cm³/mol. The van der Waals surface area contributed by atoms with E-state index in [0.29, 0.717) is 17.9 Å². The Hall–Kier alpha value is -3.51. The Labute approximate surface area is 213 Å². The van der Waals surface area contributed by atoms with Crippen LogP contribution in [0.5, 0.6) is 11.6 Å². The second-order valence-corrected chi connectivity index (χ2v) is 9.59. The van der Waals surface area contributed by atoms with Gasteiger partial charge in [0.25, 0.3) is 0 Å². The predicted octanol–water partition coefficient (Wildman–Crippen LogP) is 6.69. The fourth-order valence-corrected chi connectivity index (χ4v) is 4.92. The number of unbranched alkanes of at least 4 members (excludes halogenated alkanes) is 2. The van der Waals surface area contributed by atoms with Gasteiger partial charge in [-0.05, 0) is 73.9 Å². The summed E-state index contributed by atoms with van der Waals surface area (Å²) in [4.78, 5) is 13.9. The van der Waals surface area contributed by atoms with E-state index in [1.165, 1.54) is 30.2 Å². The van der Waals surface area contributed by atoms with Crippen LogP contribution in [0.4, 0.5) is 5.95 Å². The van der Waals surface area contributed by atoms with Gasteiger partial charge in [0, 0.05) is 30.4 Å². The molecule has 0 saturated carbocycles. The number of anilines is 1. The van der Waals surface area contributed by atoms with E-state index in [0.717, 1.165) is 60.3 Å². The van der Waals surface area contributed by atoms with Crippen LogP contribution in [0, 0.1) is 6.92 Å². The lowest BCUT2D eigenvalue weighted by Gasteiger charge is -2.23. The summed E-state index contributed by atoms with van der Waals surface area (Å²) in [5, 5.41) is 9.27. The normalized spacial score (nSPS) is 15.7. The SMILES string of the molecule is CCCCCc1cccc2c(Oc3ncccc3-c3ccnc(N[C@H]4CCCNC4)n3)c(C)ccc12. The van der Waals surface area contributed by atoms with Gasteiger partial charge in [0.15, 0.2) is 0 Å². The molecule has 0 amide bonds. The number of rotatable bonds is 9. The van der Waals surface area contributed by atoms with Crippen molar-refractivity contribution >= 4 is 16.7 Å². The summed E-state index contributed by atoms with van der Waals surface area (Å²) in [5.41, 5.74) is 4.09. The number of aryl methyl sites for hydroxylation is 2. The van der Waals surface area contributed by atoms with Crippen molar-refractivity contribution in [3.8, 4) is 22.9 Å². The number of pyridine rings is 1. The number of aromatic nitrogens is 3. The molecule has 0 spiro atoms. The molecular formula is C30H35N5O. The molecule has 36 heavy (non-hydrogen) atoms. The van der Waals surface area contributed by atoms with Gasteiger partial charge in [0.2, 0.25) is 11.8 Å². The van der Waals surface area contributed by atoms with E-state index in [-0.39, 0.29) is 0 Å². The molecule has 4 aromatic rings. The van der Waals surface area contributed by atoms with Crippen molar-refractivity contribution < 1.29 is 4.74 Å². The van der Waals surface area contributed by atoms with E-state index in [9.17, 15) is 0 Å². The summed E-state index contributed by atoms with van der Waals surface area (Å²) in [6.45, 7) is 6.33. The average molecular weight is 482 g/mol. The first-order valence-corrected chi connectivity index (χ1v) is 13.2. The van der Waals surface area contributed by atoms with E-state index >= 15 is 0 Å². The molecule has 6 heteroatoms. The number of hydrogen-bond donors (Lipinski definition) is 2. The van der Waals surface area contributed by atoms with Crippen molar-refractivity contribution in [3.63, 3.8) is 0 Å². The van der Waals surface area contributed by atoms with E-state index in [2.05, 4.69) is 64.8 Å². The zero-order chi connectivity index (χ0) is 24.7. The van der Waals surface area contributed by atoms with Crippen LogP contribution in [-0.4, -0.2) is 34.1 Å². The molecule has 5 rings (SSSR count). The van der Waals surface area contributed by atoms with Gasteiger partial charge in [-0.25, -0.2) is 15.0 Å². The molecule has 1 aliphatic rings. The standard InChI is InChI=1S/C30H35N5O/c1-3-4-5-9-22-10-6-12-25-24(22)15-14-21(2)28(25)36-29-26(13-8-18-32-29)27-16-19-33-30(35-27)34-23-11-7-17-31-20-23/h6,8,10,12-16,18-19,23,31H,3-5,7,9,11,17,20H2,1-2H3,(H,33,34,35)/t23-/m0/s1. The Morgan fingerprint density at radius 3 is 2.81 bits per heavy atom. The Kier molecular flexibility index (Phi) is 7.72. The summed E-state index contributed by atoms with van der Waals surface area (Å²) < 4.78 is 6.58. The molecular weight excluding hydrogens is 446 g/mol. The Morgan fingerprint density at radius 2 is 1.94 bits per heavy atom. The third kappa shape index (κ3) is 5.49. The number of nitrogens with one attached hydrogen (secondary N) is 2. The van der Waals surface area contributed by atoms with Crippen molar-refractivity contribution in [2.45, 2.75) is 58.4 Å². The van der Waals surface area contributed by atoms with E-state index in [1.54, 1.807) is 12.4 Å². The van der Waals surface area contributed by atoms with Gasteiger partial charge in [-0.2, -0.15) is 0 Å². The molecule has 3 heterocycles. The van der Waals surface area contributed by atoms with E-state index in [4.69, 9.17) is 9.72 Å². The highest BCUT2D eigenvalue weighted by Gasteiger charge is 2.17. The van der Waals surface area contributed by atoms with Crippen LogP contribution in [0.2, 0.25) is 0 Å². The van der Waals surface area contributed by atoms with E-state index in [1.807, 2.05) is 18.2 Å². The van der Waals surface area contributed by atoms with Gasteiger partial charge in [0.1, 0.15) is 5.75 Å². The second-order valence-electron chi connectivity index (χ2n) is 9.59. The first-order valence-electron chi connectivity index (χ1n) is 13.2. The zero-order valence-electron chi connectivity index (χ0n) is 21.3. The maximum Gasteiger partial charge on any atom is 0.228 e. The maximum atomic E-state index is 6.58. The molecule has 1 saturated heterocycles. The molecule has 0 unspecified atom stereocenters. The van der Waals surface area contributed by atoms with Gasteiger partial charge >= 0.3 is 0 Å². The summed E-state index contributed by atoms with van der Waals surface area (Å²) in [6.07, 6.45) is 10.6. The number of hydrogen-bond acceptors (Lipinski definition) is 6. The minimum absolute atomic E-state index is 0.337. The first kappa shape index (κ1) is 24.2. The van der Waals surface area contributed by atoms with Gasteiger partial charge in [-0.1, -0.05) is 50.1 Å². The molecule has 2 aromatic carbocycles. The van der Waals surface area contributed by atoms with Crippen LogP contribution in [0.15, 0.2) is 60.9 Å². The molecule has 2 N–H and O–H groups in total. The molecule has 6 nitrogen and oxygen atoms in total. The van der Waals surface area contributed by atoms with E-state index < -0.39 is 0 Å². The topological polar surface area (TPSA) is 72.0 Å². The monoisotopic (exact) mass is 481 g/mol. The number of fused-ring (bicyclic) bond motifs is 1. The van der Waals surface area contributed by atoms with Gasteiger partial charge in [-0.3, -0.25) is 0 Å². The minimum atomic E-state index is 0.337. The van der Waals surface area contributed by atoms with Crippen LogP contribution in [0.25, 0.3) is 22.0 Å². The second kappa shape index (κ2) is 11.5. The summed E-state index contributed by atoms with van der Waals surface area (Å²) >= 11 is 0. The van der Waals surface area contributed by atoms with Crippen molar-refractivity contribution in [2.75, 3.05) is 18.4 Å². The Morgan fingerprint density at radius 1 is 1.00 bits per heavy atom. The number of piperidine rings is 1. The number of ether oxygens (including phenoxy) is 1. The minimum Gasteiger partial charge on any atom is -0.437 e. The van der Waals surface area contributed by atoms with Crippen molar-refractivity contribution in [3.05, 3.63) is 72.1 Å². The van der Waals surface area contributed by atoms with Crippen molar-refractivity contribution in [2.24, 2.45) is 0 Å². The molecule has 0 bridgehead atoms. The highest BCUT2D eigenvalue weighted by molar-refractivity contribution is 5.92. The molecule has 0 aliphatic carbocycles. The summed E-state index contributed by atoms with van der Waals surface area (Å²) in [7, 11) is 0. The fourth-order valence-electron chi connectivity index (χ4n) is 4.92. The molecule has 2 aromatic heterocycles.